The maximum absolute atomic E-state index is 12.2. The van der Waals surface area contributed by atoms with Gasteiger partial charge in [-0.2, -0.15) is 0 Å². The van der Waals surface area contributed by atoms with E-state index >= 15 is 0 Å². The second-order valence-corrected chi connectivity index (χ2v) is 6.67. The van der Waals surface area contributed by atoms with Crippen LogP contribution in [0.25, 0.3) is 0 Å². The van der Waals surface area contributed by atoms with Crippen LogP contribution in [0.1, 0.15) is 59.8 Å². The Morgan fingerprint density at radius 1 is 1.43 bits per heavy atom. The summed E-state index contributed by atoms with van der Waals surface area (Å²) in [4.78, 5) is 25.3. The molecular weight excluding hydrogens is 266 g/mol. The molecule has 4 heteroatoms. The van der Waals surface area contributed by atoms with Crippen LogP contribution in [0.15, 0.2) is 12.2 Å². The lowest BCUT2D eigenvalue weighted by atomic mass is 9.98. The Hall–Kier alpha value is -1.32. The molecule has 21 heavy (non-hydrogen) atoms. The monoisotopic (exact) mass is 295 g/mol. The summed E-state index contributed by atoms with van der Waals surface area (Å²) in [5.74, 6) is -0.225. The first-order valence-electron chi connectivity index (χ1n) is 8.00. The van der Waals surface area contributed by atoms with E-state index in [-0.39, 0.29) is 18.1 Å². The number of unbranched alkanes of at least 4 members (excludes halogenated alkanes) is 2. The number of ether oxygens (including phenoxy) is 1. The van der Waals surface area contributed by atoms with Crippen LogP contribution in [0.4, 0.5) is 4.79 Å². The number of carbonyl (C=O) groups is 2. The number of carbonyl (C=O) groups excluding carboxylic acids is 2. The van der Waals surface area contributed by atoms with Crippen molar-refractivity contribution in [3.05, 3.63) is 12.2 Å². The van der Waals surface area contributed by atoms with E-state index in [0.29, 0.717) is 6.54 Å². The summed E-state index contributed by atoms with van der Waals surface area (Å²) < 4.78 is 5.44. The van der Waals surface area contributed by atoms with E-state index in [4.69, 9.17) is 4.74 Å². The van der Waals surface area contributed by atoms with Gasteiger partial charge in [-0.05, 0) is 40.0 Å². The highest BCUT2D eigenvalue weighted by atomic mass is 16.6. The summed E-state index contributed by atoms with van der Waals surface area (Å²) in [6.07, 6.45) is 9.71. The van der Waals surface area contributed by atoms with E-state index in [9.17, 15) is 9.59 Å². The minimum Gasteiger partial charge on any atom is -0.444 e. The number of hydrogen-bond acceptors (Lipinski definition) is 3. The highest BCUT2D eigenvalue weighted by molar-refractivity contribution is 5.70. The molecule has 0 aliphatic carbocycles. The molecule has 1 fully saturated rings. The molecule has 0 N–H and O–H groups in total. The Balaban J connectivity index is 2.67. The highest BCUT2D eigenvalue weighted by Crippen LogP contribution is 2.26. The summed E-state index contributed by atoms with van der Waals surface area (Å²) >= 11 is 0. The number of amides is 1. The number of likely N-dealkylation sites (tertiary alicyclic amines) is 1. The van der Waals surface area contributed by atoms with Gasteiger partial charge in [-0.25, -0.2) is 4.79 Å². The van der Waals surface area contributed by atoms with Gasteiger partial charge in [0.25, 0.3) is 0 Å². The third-order valence-corrected chi connectivity index (χ3v) is 3.61. The topological polar surface area (TPSA) is 46.6 Å². The van der Waals surface area contributed by atoms with Gasteiger partial charge in [-0.15, -0.1) is 0 Å². The van der Waals surface area contributed by atoms with Crippen LogP contribution >= 0.6 is 0 Å². The molecule has 0 aromatic rings. The standard InChI is InChI=1S/C17H29NO3/c1-5-6-7-8-10-14(13-19)15-11-9-12-18(15)16(20)21-17(2,3)4/h8,10,13-15H,5-7,9,11-12H2,1-4H3/b10-8+/t14-,15-/m1/s1. The van der Waals surface area contributed by atoms with Crippen LogP contribution < -0.4 is 0 Å². The molecule has 1 aliphatic heterocycles. The van der Waals surface area contributed by atoms with Crippen LogP contribution in [0.5, 0.6) is 0 Å². The largest absolute Gasteiger partial charge is 0.444 e. The van der Waals surface area contributed by atoms with Crippen LogP contribution in [0.2, 0.25) is 0 Å². The Kier molecular flexibility index (Phi) is 6.93. The van der Waals surface area contributed by atoms with Gasteiger partial charge >= 0.3 is 6.09 Å². The first-order valence-corrected chi connectivity index (χ1v) is 8.00. The third kappa shape index (κ3) is 5.90. The first-order chi connectivity index (χ1) is 9.89. The molecule has 0 aromatic carbocycles. The van der Waals surface area contributed by atoms with Crippen molar-refractivity contribution in [3.8, 4) is 0 Å². The number of allylic oxidation sites excluding steroid dienone is 1. The van der Waals surface area contributed by atoms with Crippen molar-refractivity contribution < 1.29 is 14.3 Å². The molecule has 0 radical (unpaired) electrons. The average Bonchev–Trinajstić information content (AvgIpc) is 2.86. The Labute approximate surface area is 128 Å². The third-order valence-electron chi connectivity index (χ3n) is 3.61. The average molecular weight is 295 g/mol. The zero-order valence-electron chi connectivity index (χ0n) is 13.8. The molecule has 1 saturated heterocycles. The van der Waals surface area contributed by atoms with Crippen molar-refractivity contribution in [3.63, 3.8) is 0 Å². The van der Waals surface area contributed by atoms with Crippen molar-refractivity contribution in [2.24, 2.45) is 5.92 Å². The lowest BCUT2D eigenvalue weighted by Gasteiger charge is -2.30. The number of nitrogens with zero attached hydrogens (tertiary/aromatic N) is 1. The van der Waals surface area contributed by atoms with Gasteiger partial charge in [0.05, 0.1) is 5.92 Å². The van der Waals surface area contributed by atoms with E-state index in [1.807, 2.05) is 26.8 Å². The van der Waals surface area contributed by atoms with Gasteiger partial charge in [0.1, 0.15) is 11.9 Å². The van der Waals surface area contributed by atoms with E-state index in [1.54, 1.807) is 4.90 Å². The number of aldehydes is 1. The molecule has 2 atom stereocenters. The fraction of sp³-hybridized carbons (Fsp3) is 0.765. The smallest absolute Gasteiger partial charge is 0.410 e. The number of hydrogen-bond donors (Lipinski definition) is 0. The van der Waals surface area contributed by atoms with Crippen LogP contribution in [-0.2, 0) is 9.53 Å². The molecule has 1 aliphatic rings. The van der Waals surface area contributed by atoms with E-state index in [2.05, 4.69) is 13.0 Å². The maximum Gasteiger partial charge on any atom is 0.410 e. The van der Waals surface area contributed by atoms with E-state index < -0.39 is 5.60 Å². The maximum atomic E-state index is 12.2. The van der Waals surface area contributed by atoms with Crippen LogP contribution in [-0.4, -0.2) is 35.5 Å². The minimum absolute atomic E-state index is 0.0600. The molecule has 0 spiro atoms. The lowest BCUT2D eigenvalue weighted by Crippen LogP contribution is -2.43. The fourth-order valence-electron chi connectivity index (χ4n) is 2.58. The summed E-state index contributed by atoms with van der Waals surface area (Å²) in [6.45, 7) is 8.40. The second-order valence-electron chi connectivity index (χ2n) is 6.67. The summed E-state index contributed by atoms with van der Waals surface area (Å²) in [6, 6.07) is -0.0600. The van der Waals surface area contributed by atoms with Crippen molar-refractivity contribution >= 4 is 12.4 Å². The molecule has 0 unspecified atom stereocenters. The molecule has 1 heterocycles. The zero-order valence-corrected chi connectivity index (χ0v) is 13.8. The van der Waals surface area contributed by atoms with E-state index in [1.165, 1.54) is 0 Å². The molecule has 1 amide bonds. The van der Waals surface area contributed by atoms with Gasteiger partial charge in [0.15, 0.2) is 0 Å². The molecule has 4 nitrogen and oxygen atoms in total. The highest BCUT2D eigenvalue weighted by Gasteiger charge is 2.35. The fourth-order valence-corrected chi connectivity index (χ4v) is 2.58. The minimum atomic E-state index is -0.502. The van der Waals surface area contributed by atoms with Gasteiger partial charge in [-0.1, -0.05) is 31.9 Å². The molecule has 1 rings (SSSR count). The summed E-state index contributed by atoms with van der Waals surface area (Å²) in [7, 11) is 0. The molecule has 0 aromatic heterocycles. The van der Waals surface area contributed by atoms with E-state index in [0.717, 1.165) is 38.4 Å². The summed E-state index contributed by atoms with van der Waals surface area (Å²) in [5.41, 5.74) is -0.502. The molecule has 120 valence electrons. The lowest BCUT2D eigenvalue weighted by molar-refractivity contribution is -0.111. The second kappa shape index (κ2) is 8.20. The first kappa shape index (κ1) is 17.7. The predicted molar refractivity (Wildman–Crippen MR) is 84.2 cm³/mol. The van der Waals surface area contributed by atoms with Gasteiger partial charge in [-0.3, -0.25) is 0 Å². The quantitative estimate of drug-likeness (QED) is 0.423. The number of rotatable bonds is 6. The van der Waals surface area contributed by atoms with Crippen LogP contribution in [0, 0.1) is 5.92 Å². The zero-order chi connectivity index (χ0) is 15.9. The predicted octanol–water partition coefficient (Wildman–Crippen LogP) is 3.95. The molecule has 0 saturated carbocycles. The Morgan fingerprint density at radius 3 is 2.71 bits per heavy atom. The van der Waals surface area contributed by atoms with Crippen molar-refractivity contribution in [2.75, 3.05) is 6.54 Å². The van der Waals surface area contributed by atoms with Crippen molar-refractivity contribution in [1.29, 1.82) is 0 Å². The van der Waals surface area contributed by atoms with Crippen molar-refractivity contribution in [1.82, 2.24) is 4.90 Å². The Morgan fingerprint density at radius 2 is 2.14 bits per heavy atom. The molecule has 0 bridgehead atoms. The van der Waals surface area contributed by atoms with Gasteiger partial charge in [0, 0.05) is 12.6 Å². The summed E-state index contributed by atoms with van der Waals surface area (Å²) in [5, 5.41) is 0. The van der Waals surface area contributed by atoms with Gasteiger partial charge < -0.3 is 14.4 Å². The Bertz CT molecular complexity index is 371. The molecular formula is C17H29NO3. The van der Waals surface area contributed by atoms with Gasteiger partial charge in [0.2, 0.25) is 0 Å². The van der Waals surface area contributed by atoms with Crippen molar-refractivity contribution in [2.45, 2.75) is 71.4 Å². The SMILES string of the molecule is CCCC/C=C/[C@H](C=O)[C@H]1CCCN1C(=O)OC(C)(C)C. The normalized spacial score (nSPS) is 20.8. The van der Waals surface area contributed by atoms with Crippen LogP contribution in [0.3, 0.4) is 0 Å².